The molecule has 0 saturated heterocycles. The first-order valence-corrected chi connectivity index (χ1v) is 6.76. The summed E-state index contributed by atoms with van der Waals surface area (Å²) in [5, 5.41) is 2.98. The number of carbonyl (C=O) groups is 1. The molecule has 2 rings (SSSR count). The number of halogens is 2. The third kappa shape index (κ3) is 3.36. The monoisotopic (exact) mass is 337 g/mol. The Kier molecular flexibility index (Phi) is 4.74. The van der Waals surface area contributed by atoms with Crippen molar-refractivity contribution in [1.29, 1.82) is 0 Å². The number of ether oxygens (including phenoxy) is 1. The summed E-state index contributed by atoms with van der Waals surface area (Å²) in [7, 11) is 1.29. The Morgan fingerprint density at radius 3 is 2.75 bits per heavy atom. The standard InChI is InChI=1S/C15H13BrFNO2/c1-20-15(19)10-6-7-13(17)14(8-10)18-9-11-4-2-3-5-12(11)16/h2-8,18H,9H2,1H3. The van der Waals surface area contributed by atoms with Gasteiger partial charge in [0.15, 0.2) is 0 Å². The molecule has 0 radical (unpaired) electrons. The number of nitrogens with one attached hydrogen (secondary N) is 1. The molecule has 20 heavy (non-hydrogen) atoms. The molecule has 0 aliphatic rings. The van der Waals surface area contributed by atoms with Gasteiger partial charge in [-0.3, -0.25) is 0 Å². The molecule has 0 spiro atoms. The number of benzene rings is 2. The minimum Gasteiger partial charge on any atom is -0.465 e. The van der Waals surface area contributed by atoms with Crippen LogP contribution >= 0.6 is 15.9 Å². The maximum absolute atomic E-state index is 13.7. The molecule has 5 heteroatoms. The highest BCUT2D eigenvalue weighted by Crippen LogP contribution is 2.20. The first-order valence-electron chi connectivity index (χ1n) is 5.97. The lowest BCUT2D eigenvalue weighted by Gasteiger charge is -2.10. The molecule has 0 fully saturated rings. The summed E-state index contributed by atoms with van der Waals surface area (Å²) in [6.45, 7) is 0.447. The maximum Gasteiger partial charge on any atom is 0.337 e. The van der Waals surface area contributed by atoms with Crippen LogP contribution in [0.25, 0.3) is 0 Å². The number of hydrogen-bond acceptors (Lipinski definition) is 3. The van der Waals surface area contributed by atoms with E-state index in [-0.39, 0.29) is 5.69 Å². The van der Waals surface area contributed by atoms with E-state index in [1.807, 2.05) is 24.3 Å². The van der Waals surface area contributed by atoms with Gasteiger partial charge < -0.3 is 10.1 Å². The van der Waals surface area contributed by atoms with Crippen LogP contribution in [0.2, 0.25) is 0 Å². The third-order valence-electron chi connectivity index (χ3n) is 2.81. The Hall–Kier alpha value is -1.88. The molecule has 104 valence electrons. The van der Waals surface area contributed by atoms with E-state index in [0.717, 1.165) is 10.0 Å². The van der Waals surface area contributed by atoms with Crippen molar-refractivity contribution in [3.8, 4) is 0 Å². The summed E-state index contributed by atoms with van der Waals surface area (Å²) in [5.41, 5.74) is 1.57. The lowest BCUT2D eigenvalue weighted by atomic mass is 10.1. The quantitative estimate of drug-likeness (QED) is 0.857. The SMILES string of the molecule is COC(=O)c1ccc(F)c(NCc2ccccc2Br)c1. The zero-order valence-electron chi connectivity index (χ0n) is 10.8. The summed E-state index contributed by atoms with van der Waals surface area (Å²) < 4.78 is 19.3. The predicted octanol–water partition coefficient (Wildman–Crippen LogP) is 3.99. The van der Waals surface area contributed by atoms with Gasteiger partial charge in [-0.2, -0.15) is 0 Å². The van der Waals surface area contributed by atoms with Crippen LogP contribution in [-0.4, -0.2) is 13.1 Å². The van der Waals surface area contributed by atoms with Gasteiger partial charge in [0.05, 0.1) is 18.4 Å². The summed E-state index contributed by atoms with van der Waals surface area (Å²) in [6, 6.07) is 11.7. The Morgan fingerprint density at radius 2 is 2.05 bits per heavy atom. The zero-order chi connectivity index (χ0) is 14.5. The molecule has 0 aliphatic carbocycles. The largest absolute Gasteiger partial charge is 0.465 e. The van der Waals surface area contributed by atoms with E-state index in [0.29, 0.717) is 12.1 Å². The van der Waals surface area contributed by atoms with Crippen molar-refractivity contribution < 1.29 is 13.9 Å². The fraction of sp³-hybridized carbons (Fsp3) is 0.133. The van der Waals surface area contributed by atoms with E-state index < -0.39 is 11.8 Å². The topological polar surface area (TPSA) is 38.3 Å². The summed E-state index contributed by atoms with van der Waals surface area (Å²) in [4.78, 5) is 11.4. The molecule has 3 nitrogen and oxygen atoms in total. The van der Waals surface area contributed by atoms with Crippen molar-refractivity contribution in [2.24, 2.45) is 0 Å². The molecule has 0 saturated carbocycles. The van der Waals surface area contributed by atoms with Crippen molar-refractivity contribution in [2.45, 2.75) is 6.54 Å². The van der Waals surface area contributed by atoms with Crippen LogP contribution < -0.4 is 5.32 Å². The van der Waals surface area contributed by atoms with Gasteiger partial charge in [0.2, 0.25) is 0 Å². The van der Waals surface area contributed by atoms with Crippen molar-refractivity contribution in [1.82, 2.24) is 0 Å². The molecule has 0 amide bonds. The van der Waals surface area contributed by atoms with Crippen LogP contribution in [0.3, 0.4) is 0 Å². The number of esters is 1. The molecular formula is C15H13BrFNO2. The van der Waals surface area contributed by atoms with E-state index in [4.69, 9.17) is 0 Å². The van der Waals surface area contributed by atoms with Crippen molar-refractivity contribution in [3.05, 3.63) is 63.9 Å². The van der Waals surface area contributed by atoms with Crippen LogP contribution in [0.15, 0.2) is 46.9 Å². The summed E-state index contributed by atoms with van der Waals surface area (Å²) >= 11 is 3.43. The Bertz CT molecular complexity index is 631. The van der Waals surface area contributed by atoms with Gasteiger partial charge in [-0.25, -0.2) is 9.18 Å². The fourth-order valence-corrected chi connectivity index (χ4v) is 2.16. The maximum atomic E-state index is 13.7. The summed E-state index contributed by atoms with van der Waals surface area (Å²) in [5.74, 6) is -0.904. The highest BCUT2D eigenvalue weighted by Gasteiger charge is 2.10. The minimum absolute atomic E-state index is 0.267. The number of hydrogen-bond donors (Lipinski definition) is 1. The van der Waals surface area contributed by atoms with Gasteiger partial charge in [0, 0.05) is 11.0 Å². The van der Waals surface area contributed by atoms with Gasteiger partial charge in [0.1, 0.15) is 5.82 Å². The van der Waals surface area contributed by atoms with Gasteiger partial charge in [-0.15, -0.1) is 0 Å². The Morgan fingerprint density at radius 1 is 1.30 bits per heavy atom. The van der Waals surface area contributed by atoms with E-state index in [1.165, 1.54) is 25.3 Å². The van der Waals surface area contributed by atoms with Crippen molar-refractivity contribution >= 4 is 27.6 Å². The highest BCUT2D eigenvalue weighted by molar-refractivity contribution is 9.10. The molecule has 1 N–H and O–H groups in total. The van der Waals surface area contributed by atoms with Crippen molar-refractivity contribution in [2.75, 3.05) is 12.4 Å². The van der Waals surface area contributed by atoms with Crippen LogP contribution in [0.1, 0.15) is 15.9 Å². The Labute approximate surface area is 124 Å². The Balaban J connectivity index is 2.17. The van der Waals surface area contributed by atoms with Crippen molar-refractivity contribution in [3.63, 3.8) is 0 Å². The minimum atomic E-state index is -0.492. The molecule has 2 aromatic rings. The number of methoxy groups -OCH3 is 1. The molecule has 0 aromatic heterocycles. The van der Waals surface area contributed by atoms with Crippen LogP contribution in [-0.2, 0) is 11.3 Å². The smallest absolute Gasteiger partial charge is 0.337 e. The van der Waals surface area contributed by atoms with Gasteiger partial charge in [-0.1, -0.05) is 34.1 Å². The van der Waals surface area contributed by atoms with Crippen LogP contribution in [0, 0.1) is 5.82 Å². The molecule has 0 unspecified atom stereocenters. The van der Waals surface area contributed by atoms with E-state index in [9.17, 15) is 9.18 Å². The molecule has 0 aliphatic heterocycles. The summed E-state index contributed by atoms with van der Waals surface area (Å²) in [6.07, 6.45) is 0. The number of anilines is 1. The molecule has 0 bridgehead atoms. The molecule has 2 aromatic carbocycles. The van der Waals surface area contributed by atoms with Gasteiger partial charge >= 0.3 is 5.97 Å². The average Bonchev–Trinajstić information content (AvgIpc) is 2.47. The van der Waals surface area contributed by atoms with Gasteiger partial charge in [0.25, 0.3) is 0 Å². The third-order valence-corrected chi connectivity index (χ3v) is 3.59. The molecule has 0 atom stereocenters. The average molecular weight is 338 g/mol. The highest BCUT2D eigenvalue weighted by atomic mass is 79.9. The number of carbonyl (C=O) groups excluding carboxylic acids is 1. The lowest BCUT2D eigenvalue weighted by molar-refractivity contribution is 0.0600. The van der Waals surface area contributed by atoms with Gasteiger partial charge in [-0.05, 0) is 29.8 Å². The first-order chi connectivity index (χ1) is 9.61. The zero-order valence-corrected chi connectivity index (χ0v) is 12.4. The fourth-order valence-electron chi connectivity index (χ4n) is 1.74. The lowest BCUT2D eigenvalue weighted by Crippen LogP contribution is -2.06. The normalized spacial score (nSPS) is 10.2. The first kappa shape index (κ1) is 14.5. The van der Waals surface area contributed by atoms with E-state index >= 15 is 0 Å². The number of rotatable bonds is 4. The van der Waals surface area contributed by atoms with E-state index in [1.54, 1.807) is 0 Å². The molecular weight excluding hydrogens is 325 g/mol. The second kappa shape index (κ2) is 6.52. The second-order valence-electron chi connectivity index (χ2n) is 4.13. The van der Waals surface area contributed by atoms with Crippen LogP contribution in [0.4, 0.5) is 10.1 Å². The molecule has 0 heterocycles. The predicted molar refractivity (Wildman–Crippen MR) is 79.2 cm³/mol. The van der Waals surface area contributed by atoms with E-state index in [2.05, 4.69) is 26.0 Å². The van der Waals surface area contributed by atoms with Crippen LogP contribution in [0.5, 0.6) is 0 Å². The second-order valence-corrected chi connectivity index (χ2v) is 4.99.